The van der Waals surface area contributed by atoms with Gasteiger partial charge < -0.3 is 5.32 Å². The molecule has 4 fully saturated rings. The molecule has 104 valence electrons. The van der Waals surface area contributed by atoms with Gasteiger partial charge in [-0.05, 0) is 80.6 Å². The third kappa shape index (κ3) is 1.62. The fraction of sp³-hybridized carbons (Fsp3) is 1.00. The van der Waals surface area contributed by atoms with E-state index in [2.05, 4.69) is 40.1 Å². The molecule has 1 heteroatoms. The first-order valence-corrected chi connectivity index (χ1v) is 7.98. The average molecular weight is 249 g/mol. The Balaban J connectivity index is 1.98. The molecule has 3 atom stereocenters. The molecule has 0 aromatic rings. The number of nitrogens with one attached hydrogen (secondary N) is 1. The van der Waals surface area contributed by atoms with E-state index in [1.165, 1.54) is 38.5 Å². The van der Waals surface area contributed by atoms with E-state index in [1.807, 2.05) is 0 Å². The minimum Gasteiger partial charge on any atom is -0.317 e. The van der Waals surface area contributed by atoms with Crippen LogP contribution >= 0.6 is 0 Å². The number of hydrogen-bond acceptors (Lipinski definition) is 1. The molecule has 0 amide bonds. The van der Waals surface area contributed by atoms with Gasteiger partial charge in [0.1, 0.15) is 0 Å². The van der Waals surface area contributed by atoms with E-state index in [1.54, 1.807) is 0 Å². The minimum atomic E-state index is 0.490. The highest BCUT2D eigenvalue weighted by Crippen LogP contribution is 2.70. The van der Waals surface area contributed by atoms with E-state index in [4.69, 9.17) is 0 Å². The summed E-state index contributed by atoms with van der Waals surface area (Å²) in [7, 11) is 2.16. The van der Waals surface area contributed by atoms with Crippen molar-refractivity contribution in [2.75, 3.05) is 7.05 Å². The van der Waals surface area contributed by atoms with Gasteiger partial charge in [0.25, 0.3) is 0 Å². The zero-order valence-corrected chi connectivity index (χ0v) is 13.0. The fourth-order valence-corrected chi connectivity index (χ4v) is 6.02. The fourth-order valence-electron chi connectivity index (χ4n) is 6.02. The van der Waals surface area contributed by atoms with Gasteiger partial charge in [0.15, 0.2) is 0 Å². The molecule has 4 rings (SSSR count). The van der Waals surface area contributed by atoms with Crippen LogP contribution in [0.5, 0.6) is 0 Å². The smallest absolute Gasteiger partial charge is 0.00926 e. The van der Waals surface area contributed by atoms with Gasteiger partial charge in [0, 0.05) is 6.04 Å². The Hall–Kier alpha value is -0.0400. The highest BCUT2D eigenvalue weighted by molar-refractivity contribution is 5.13. The first-order valence-electron chi connectivity index (χ1n) is 7.98. The molecule has 0 heterocycles. The van der Waals surface area contributed by atoms with Crippen molar-refractivity contribution in [1.29, 1.82) is 0 Å². The summed E-state index contributed by atoms with van der Waals surface area (Å²) in [6.07, 6.45) is 9.07. The van der Waals surface area contributed by atoms with Crippen molar-refractivity contribution >= 4 is 0 Å². The SMILES string of the molecule is CNC(C)C12CC3CC(C1)CC(C(C)(C)C)(C3)C2. The van der Waals surface area contributed by atoms with Crippen molar-refractivity contribution in [2.45, 2.75) is 72.3 Å². The van der Waals surface area contributed by atoms with Crippen LogP contribution in [0.2, 0.25) is 0 Å². The normalized spacial score (nSPS) is 48.5. The summed E-state index contributed by atoms with van der Waals surface area (Å²) in [4.78, 5) is 0. The van der Waals surface area contributed by atoms with Crippen LogP contribution in [-0.4, -0.2) is 13.1 Å². The maximum absolute atomic E-state index is 3.59. The molecule has 4 bridgehead atoms. The van der Waals surface area contributed by atoms with Crippen LogP contribution in [0.25, 0.3) is 0 Å². The van der Waals surface area contributed by atoms with Crippen LogP contribution in [0, 0.1) is 28.1 Å². The molecule has 3 unspecified atom stereocenters. The molecule has 0 spiro atoms. The van der Waals surface area contributed by atoms with Crippen molar-refractivity contribution in [3.05, 3.63) is 0 Å². The van der Waals surface area contributed by atoms with E-state index in [9.17, 15) is 0 Å². The van der Waals surface area contributed by atoms with E-state index in [0.29, 0.717) is 22.3 Å². The number of hydrogen-bond donors (Lipinski definition) is 1. The Morgan fingerprint density at radius 2 is 1.61 bits per heavy atom. The van der Waals surface area contributed by atoms with E-state index in [-0.39, 0.29) is 0 Å². The lowest BCUT2D eigenvalue weighted by atomic mass is 9.38. The highest BCUT2D eigenvalue weighted by Gasteiger charge is 2.61. The lowest BCUT2D eigenvalue weighted by Gasteiger charge is -2.67. The van der Waals surface area contributed by atoms with Gasteiger partial charge in [0.2, 0.25) is 0 Å². The van der Waals surface area contributed by atoms with Gasteiger partial charge in [-0.3, -0.25) is 0 Å². The molecular formula is C17H31N. The molecule has 0 saturated heterocycles. The predicted octanol–water partition coefficient (Wildman–Crippen LogP) is 4.23. The van der Waals surface area contributed by atoms with Gasteiger partial charge in [-0.2, -0.15) is 0 Å². The van der Waals surface area contributed by atoms with Crippen LogP contribution in [0.15, 0.2) is 0 Å². The second kappa shape index (κ2) is 3.75. The van der Waals surface area contributed by atoms with Crippen LogP contribution < -0.4 is 5.32 Å². The van der Waals surface area contributed by atoms with Crippen LogP contribution in [0.3, 0.4) is 0 Å². The first-order chi connectivity index (χ1) is 8.30. The standard InChI is InChI=1S/C17H31N/c1-12(18-5)16-7-13-6-14(8-16)10-17(9-13,11-16)15(2,3)4/h12-14,18H,6-11H2,1-5H3. The molecule has 4 aliphatic carbocycles. The van der Waals surface area contributed by atoms with Crippen molar-refractivity contribution in [2.24, 2.45) is 28.1 Å². The molecule has 0 aromatic carbocycles. The monoisotopic (exact) mass is 249 g/mol. The van der Waals surface area contributed by atoms with Gasteiger partial charge in [0.05, 0.1) is 0 Å². The van der Waals surface area contributed by atoms with Crippen LogP contribution in [-0.2, 0) is 0 Å². The maximum atomic E-state index is 3.59. The van der Waals surface area contributed by atoms with Crippen LogP contribution in [0.4, 0.5) is 0 Å². The Morgan fingerprint density at radius 1 is 1.06 bits per heavy atom. The molecule has 4 aliphatic rings. The summed E-state index contributed by atoms with van der Waals surface area (Å²) >= 11 is 0. The third-order valence-corrected chi connectivity index (χ3v) is 7.05. The van der Waals surface area contributed by atoms with Crippen molar-refractivity contribution in [1.82, 2.24) is 5.32 Å². The lowest BCUT2D eigenvalue weighted by molar-refractivity contribution is -0.165. The Labute approximate surface area is 113 Å². The second-order valence-electron chi connectivity index (χ2n) is 8.86. The van der Waals surface area contributed by atoms with Crippen molar-refractivity contribution in [3.8, 4) is 0 Å². The predicted molar refractivity (Wildman–Crippen MR) is 77.5 cm³/mol. The Kier molecular flexibility index (Phi) is 2.70. The van der Waals surface area contributed by atoms with E-state index < -0.39 is 0 Å². The summed E-state index contributed by atoms with van der Waals surface area (Å²) in [5.41, 5.74) is 1.75. The van der Waals surface area contributed by atoms with E-state index >= 15 is 0 Å². The molecule has 1 nitrogen and oxygen atoms in total. The zero-order chi connectivity index (χ0) is 13.2. The zero-order valence-electron chi connectivity index (χ0n) is 13.0. The first kappa shape index (κ1) is 13.0. The third-order valence-electron chi connectivity index (χ3n) is 7.05. The molecule has 18 heavy (non-hydrogen) atoms. The van der Waals surface area contributed by atoms with Crippen molar-refractivity contribution < 1.29 is 0 Å². The Morgan fingerprint density at radius 3 is 2.06 bits per heavy atom. The molecular weight excluding hydrogens is 218 g/mol. The molecule has 0 radical (unpaired) electrons. The van der Waals surface area contributed by atoms with Gasteiger partial charge in [-0.25, -0.2) is 0 Å². The average Bonchev–Trinajstić information content (AvgIpc) is 2.24. The lowest BCUT2D eigenvalue weighted by Crippen LogP contribution is -2.61. The molecule has 0 aromatic heterocycles. The Bertz CT molecular complexity index is 324. The van der Waals surface area contributed by atoms with E-state index in [0.717, 1.165) is 11.8 Å². The summed E-state index contributed by atoms with van der Waals surface area (Å²) in [5.74, 6) is 2.06. The highest BCUT2D eigenvalue weighted by atomic mass is 14.9. The summed E-state index contributed by atoms with van der Waals surface area (Å²) < 4.78 is 0. The summed E-state index contributed by atoms with van der Waals surface area (Å²) in [5, 5.41) is 3.59. The van der Waals surface area contributed by atoms with Gasteiger partial charge in [-0.15, -0.1) is 0 Å². The van der Waals surface area contributed by atoms with Gasteiger partial charge in [-0.1, -0.05) is 20.8 Å². The van der Waals surface area contributed by atoms with Crippen LogP contribution in [0.1, 0.15) is 66.2 Å². The maximum Gasteiger partial charge on any atom is 0.00926 e. The second-order valence-corrected chi connectivity index (χ2v) is 8.86. The molecule has 1 N–H and O–H groups in total. The molecule has 0 aliphatic heterocycles. The van der Waals surface area contributed by atoms with Crippen molar-refractivity contribution in [3.63, 3.8) is 0 Å². The minimum absolute atomic E-state index is 0.490. The molecule has 4 saturated carbocycles. The summed E-state index contributed by atoms with van der Waals surface area (Å²) in [6, 6.07) is 0.699. The largest absolute Gasteiger partial charge is 0.317 e. The summed E-state index contributed by atoms with van der Waals surface area (Å²) in [6.45, 7) is 9.93. The quantitative estimate of drug-likeness (QED) is 0.772. The number of rotatable bonds is 2. The van der Waals surface area contributed by atoms with Gasteiger partial charge >= 0.3 is 0 Å². The topological polar surface area (TPSA) is 12.0 Å².